The first-order valence-corrected chi connectivity index (χ1v) is 6.91. The van der Waals surface area contributed by atoms with Gasteiger partial charge in [-0.15, -0.1) is 11.3 Å². The van der Waals surface area contributed by atoms with Crippen LogP contribution in [0, 0.1) is 0 Å². The molecule has 6 nitrogen and oxygen atoms in total. The average molecular weight is 294 g/mol. The Labute approximate surface area is 119 Å². The van der Waals surface area contributed by atoms with Gasteiger partial charge in [0.05, 0.1) is 6.26 Å². The van der Waals surface area contributed by atoms with Gasteiger partial charge in [-0.1, -0.05) is 0 Å². The molecular formula is C13H14N2O4S. The average Bonchev–Trinajstić information content (AvgIpc) is 3.07. The Hall–Kier alpha value is -2.15. The Morgan fingerprint density at radius 1 is 1.50 bits per heavy atom. The van der Waals surface area contributed by atoms with E-state index in [-0.39, 0.29) is 12.3 Å². The van der Waals surface area contributed by atoms with Crippen LogP contribution in [0.25, 0.3) is 10.6 Å². The van der Waals surface area contributed by atoms with Gasteiger partial charge in [0, 0.05) is 31.0 Å². The van der Waals surface area contributed by atoms with E-state index in [0.29, 0.717) is 18.7 Å². The quantitative estimate of drug-likeness (QED) is 0.884. The van der Waals surface area contributed by atoms with Crippen LogP contribution in [0.5, 0.6) is 0 Å². The molecule has 0 aliphatic heterocycles. The van der Waals surface area contributed by atoms with E-state index < -0.39 is 5.97 Å². The van der Waals surface area contributed by atoms with Crippen molar-refractivity contribution in [2.45, 2.75) is 12.8 Å². The third-order valence-corrected chi connectivity index (χ3v) is 3.61. The van der Waals surface area contributed by atoms with Crippen molar-refractivity contribution in [2.24, 2.45) is 0 Å². The number of carbonyl (C=O) groups excluding carboxylic acids is 1. The predicted molar refractivity (Wildman–Crippen MR) is 73.6 cm³/mol. The number of carboxylic acids is 1. The second-order valence-corrected chi connectivity index (χ2v) is 5.13. The van der Waals surface area contributed by atoms with Gasteiger partial charge in [0.25, 0.3) is 5.91 Å². The molecule has 0 aromatic carbocycles. The summed E-state index contributed by atoms with van der Waals surface area (Å²) in [7, 11) is 1.64. The predicted octanol–water partition coefficient (Wildman–Crippen LogP) is 2.34. The highest BCUT2D eigenvalue weighted by molar-refractivity contribution is 7.13. The van der Waals surface area contributed by atoms with Gasteiger partial charge in [-0.3, -0.25) is 9.59 Å². The van der Waals surface area contributed by atoms with Crippen LogP contribution in [0.15, 0.2) is 28.4 Å². The highest BCUT2D eigenvalue weighted by Gasteiger charge is 2.16. The first-order valence-electron chi connectivity index (χ1n) is 6.03. The molecule has 0 spiro atoms. The maximum absolute atomic E-state index is 12.1. The lowest BCUT2D eigenvalue weighted by Gasteiger charge is -2.14. The highest BCUT2D eigenvalue weighted by Crippen LogP contribution is 2.24. The molecule has 2 heterocycles. The van der Waals surface area contributed by atoms with Gasteiger partial charge in [-0.25, -0.2) is 4.98 Å². The zero-order chi connectivity index (χ0) is 14.5. The highest BCUT2D eigenvalue weighted by atomic mass is 32.1. The zero-order valence-electron chi connectivity index (χ0n) is 10.9. The van der Waals surface area contributed by atoms with E-state index in [1.807, 2.05) is 0 Å². The minimum Gasteiger partial charge on any atom is -0.481 e. The van der Waals surface area contributed by atoms with Gasteiger partial charge in [0.2, 0.25) is 0 Å². The standard InChI is InChI=1S/C13H14N2O4S/c1-15(5-2-3-11(16)17)13(18)10-8-20-12(14-10)9-4-6-19-7-9/h4,6-8H,2-3,5H2,1H3,(H,16,17). The molecule has 2 aromatic rings. The number of rotatable bonds is 6. The van der Waals surface area contributed by atoms with Crippen LogP contribution in [-0.4, -0.2) is 40.5 Å². The number of amides is 1. The SMILES string of the molecule is CN(CCCC(=O)O)C(=O)c1csc(-c2ccoc2)n1. The van der Waals surface area contributed by atoms with Gasteiger partial charge in [-0.05, 0) is 12.5 Å². The number of hydrogen-bond donors (Lipinski definition) is 1. The topological polar surface area (TPSA) is 83.6 Å². The molecule has 2 rings (SSSR count). The first kappa shape index (κ1) is 14.3. The van der Waals surface area contributed by atoms with E-state index >= 15 is 0 Å². The van der Waals surface area contributed by atoms with Crippen LogP contribution in [0.1, 0.15) is 23.3 Å². The molecule has 20 heavy (non-hydrogen) atoms. The Balaban J connectivity index is 1.97. The zero-order valence-corrected chi connectivity index (χ0v) is 11.7. The third kappa shape index (κ3) is 3.45. The van der Waals surface area contributed by atoms with E-state index in [2.05, 4.69) is 4.98 Å². The molecule has 0 aliphatic carbocycles. The number of thiazole rings is 1. The van der Waals surface area contributed by atoms with Crippen molar-refractivity contribution in [3.63, 3.8) is 0 Å². The monoisotopic (exact) mass is 294 g/mol. The molecule has 0 saturated carbocycles. The maximum atomic E-state index is 12.1. The third-order valence-electron chi connectivity index (χ3n) is 2.72. The molecule has 0 saturated heterocycles. The van der Waals surface area contributed by atoms with Crippen LogP contribution < -0.4 is 0 Å². The van der Waals surface area contributed by atoms with Crippen LogP contribution >= 0.6 is 11.3 Å². The van der Waals surface area contributed by atoms with Gasteiger partial charge in [-0.2, -0.15) is 0 Å². The summed E-state index contributed by atoms with van der Waals surface area (Å²) in [6.07, 6.45) is 3.60. The summed E-state index contributed by atoms with van der Waals surface area (Å²) in [5.41, 5.74) is 1.20. The second-order valence-electron chi connectivity index (χ2n) is 4.27. The molecule has 7 heteroatoms. The first-order chi connectivity index (χ1) is 9.58. The van der Waals surface area contributed by atoms with Gasteiger partial charge < -0.3 is 14.4 Å². The molecule has 0 fully saturated rings. The van der Waals surface area contributed by atoms with Gasteiger partial charge >= 0.3 is 5.97 Å². The number of furan rings is 1. The smallest absolute Gasteiger partial charge is 0.303 e. The number of carbonyl (C=O) groups is 2. The van der Waals surface area contributed by atoms with Crippen molar-refractivity contribution in [1.82, 2.24) is 9.88 Å². The Morgan fingerprint density at radius 3 is 2.95 bits per heavy atom. The molecule has 0 radical (unpaired) electrons. The van der Waals surface area contributed by atoms with Gasteiger partial charge in [0.15, 0.2) is 0 Å². The normalized spacial score (nSPS) is 10.4. The summed E-state index contributed by atoms with van der Waals surface area (Å²) < 4.78 is 4.98. The Bertz CT molecular complexity index is 591. The maximum Gasteiger partial charge on any atom is 0.303 e. The number of nitrogens with zero attached hydrogens (tertiary/aromatic N) is 2. The van der Waals surface area contributed by atoms with Crippen molar-refractivity contribution in [3.05, 3.63) is 29.7 Å². The fourth-order valence-electron chi connectivity index (χ4n) is 1.66. The lowest BCUT2D eigenvalue weighted by atomic mass is 10.3. The summed E-state index contributed by atoms with van der Waals surface area (Å²) in [6, 6.07) is 1.78. The fourth-order valence-corrected chi connectivity index (χ4v) is 2.44. The minimum atomic E-state index is -0.859. The molecule has 1 amide bonds. The number of aliphatic carboxylic acids is 1. The Kier molecular flexibility index (Phi) is 4.52. The van der Waals surface area contributed by atoms with Crippen LogP contribution in [0.4, 0.5) is 0 Å². The van der Waals surface area contributed by atoms with Crippen molar-refractivity contribution in [2.75, 3.05) is 13.6 Å². The van der Waals surface area contributed by atoms with E-state index in [4.69, 9.17) is 9.52 Å². The summed E-state index contributed by atoms with van der Waals surface area (Å²) in [6.45, 7) is 0.393. The van der Waals surface area contributed by atoms with Crippen molar-refractivity contribution in [1.29, 1.82) is 0 Å². The second kappa shape index (κ2) is 6.33. The van der Waals surface area contributed by atoms with E-state index in [9.17, 15) is 9.59 Å². The molecule has 2 aromatic heterocycles. The van der Waals surface area contributed by atoms with Gasteiger partial charge in [0.1, 0.15) is 17.0 Å². The summed E-state index contributed by atoms with van der Waals surface area (Å²) >= 11 is 1.37. The minimum absolute atomic E-state index is 0.0506. The van der Waals surface area contributed by atoms with E-state index in [1.54, 1.807) is 31.0 Å². The Morgan fingerprint density at radius 2 is 2.30 bits per heavy atom. The van der Waals surface area contributed by atoms with Crippen LogP contribution in [0.2, 0.25) is 0 Å². The van der Waals surface area contributed by atoms with Crippen LogP contribution in [-0.2, 0) is 4.79 Å². The number of aromatic nitrogens is 1. The summed E-state index contributed by atoms with van der Waals surface area (Å²) in [4.78, 5) is 28.3. The number of carboxylic acid groups (broad SMARTS) is 1. The molecular weight excluding hydrogens is 280 g/mol. The lowest BCUT2D eigenvalue weighted by Crippen LogP contribution is -2.28. The van der Waals surface area contributed by atoms with Crippen molar-refractivity contribution < 1.29 is 19.1 Å². The molecule has 0 bridgehead atoms. The van der Waals surface area contributed by atoms with Crippen molar-refractivity contribution >= 4 is 23.2 Å². The molecule has 0 atom stereocenters. The van der Waals surface area contributed by atoms with E-state index in [1.165, 1.54) is 16.2 Å². The van der Waals surface area contributed by atoms with E-state index in [0.717, 1.165) is 10.6 Å². The fraction of sp³-hybridized carbons (Fsp3) is 0.308. The lowest BCUT2D eigenvalue weighted by molar-refractivity contribution is -0.137. The summed E-state index contributed by atoms with van der Waals surface area (Å²) in [5.74, 6) is -1.07. The largest absolute Gasteiger partial charge is 0.481 e. The number of hydrogen-bond acceptors (Lipinski definition) is 5. The van der Waals surface area contributed by atoms with Crippen LogP contribution in [0.3, 0.4) is 0 Å². The molecule has 0 aliphatic rings. The molecule has 0 unspecified atom stereocenters. The molecule has 106 valence electrons. The summed E-state index contributed by atoms with van der Waals surface area (Å²) in [5, 5.41) is 11.0. The molecule has 1 N–H and O–H groups in total. The van der Waals surface area contributed by atoms with Crippen molar-refractivity contribution in [3.8, 4) is 10.6 Å².